The van der Waals surface area contributed by atoms with Crippen molar-refractivity contribution in [3.63, 3.8) is 0 Å². The zero-order valence-electron chi connectivity index (χ0n) is 8.32. The van der Waals surface area contributed by atoms with Crippen molar-refractivity contribution >= 4 is 6.03 Å². The summed E-state index contributed by atoms with van der Waals surface area (Å²) in [5, 5.41) is 10.0. The summed E-state index contributed by atoms with van der Waals surface area (Å²) in [5.74, 6) is 4.97. The van der Waals surface area contributed by atoms with Crippen LogP contribution in [-0.2, 0) is 4.74 Å². The largest absolute Gasteiger partial charge is 0.388 e. The Bertz CT molecular complexity index is 204. The van der Waals surface area contributed by atoms with Gasteiger partial charge in [0.2, 0.25) is 0 Å². The number of nitrogens with one attached hydrogen (secondary N) is 1. The predicted octanol–water partition coefficient (Wildman–Crippen LogP) is -0.957. The van der Waals surface area contributed by atoms with Crippen LogP contribution in [0.15, 0.2) is 0 Å². The molecule has 0 unspecified atom stereocenters. The first-order valence-corrected chi connectivity index (χ1v) is 4.59. The maximum atomic E-state index is 11.1. The Morgan fingerprint density at radius 1 is 1.64 bits per heavy atom. The molecule has 1 heterocycles. The number of hydrogen-bond acceptors (Lipinski definition) is 4. The van der Waals surface area contributed by atoms with Gasteiger partial charge in [0.1, 0.15) is 0 Å². The van der Waals surface area contributed by atoms with E-state index in [1.165, 1.54) is 4.90 Å². The summed E-state index contributed by atoms with van der Waals surface area (Å²) in [6, 6.07) is -0.398. The molecule has 14 heavy (non-hydrogen) atoms. The minimum absolute atomic E-state index is 0.277. The molecule has 2 amide bonds. The Morgan fingerprint density at radius 3 is 2.71 bits per heavy atom. The molecule has 82 valence electrons. The van der Waals surface area contributed by atoms with Gasteiger partial charge in [0, 0.05) is 33.1 Å². The van der Waals surface area contributed by atoms with Crippen molar-refractivity contribution in [1.82, 2.24) is 10.3 Å². The van der Waals surface area contributed by atoms with Gasteiger partial charge >= 0.3 is 6.03 Å². The first-order chi connectivity index (χ1) is 6.57. The van der Waals surface area contributed by atoms with Crippen molar-refractivity contribution in [1.29, 1.82) is 0 Å². The number of rotatable bonds is 2. The van der Waals surface area contributed by atoms with Crippen LogP contribution in [0.2, 0.25) is 0 Å². The monoisotopic (exact) mass is 203 g/mol. The highest BCUT2D eigenvalue weighted by Gasteiger charge is 2.32. The fourth-order valence-electron chi connectivity index (χ4n) is 1.53. The quantitative estimate of drug-likeness (QED) is 0.306. The van der Waals surface area contributed by atoms with Crippen molar-refractivity contribution in [2.24, 2.45) is 5.84 Å². The molecule has 0 saturated carbocycles. The predicted molar refractivity (Wildman–Crippen MR) is 50.4 cm³/mol. The molecule has 0 atom stereocenters. The molecule has 0 spiro atoms. The third-order valence-electron chi connectivity index (χ3n) is 2.43. The molecule has 0 aromatic carbocycles. The van der Waals surface area contributed by atoms with Crippen molar-refractivity contribution in [3.05, 3.63) is 0 Å². The number of ether oxygens (including phenoxy) is 1. The second-order valence-electron chi connectivity index (χ2n) is 3.64. The van der Waals surface area contributed by atoms with Crippen molar-refractivity contribution in [2.75, 3.05) is 26.8 Å². The maximum absolute atomic E-state index is 11.1. The van der Waals surface area contributed by atoms with Gasteiger partial charge in [-0.25, -0.2) is 10.6 Å². The molecule has 0 aliphatic carbocycles. The third-order valence-corrected chi connectivity index (χ3v) is 2.43. The first-order valence-electron chi connectivity index (χ1n) is 4.59. The van der Waals surface area contributed by atoms with Crippen molar-refractivity contribution in [2.45, 2.75) is 18.4 Å². The van der Waals surface area contributed by atoms with E-state index >= 15 is 0 Å². The SMILES string of the molecule is CN(CC1(O)CCOCC1)C(=O)NN. The number of nitrogens with zero attached hydrogens (tertiary/aromatic N) is 1. The molecule has 1 rings (SSSR count). The van der Waals surface area contributed by atoms with Gasteiger partial charge in [-0.2, -0.15) is 0 Å². The Labute approximate surface area is 83.0 Å². The number of hydrazine groups is 1. The van der Waals surface area contributed by atoms with E-state index in [1.807, 2.05) is 5.43 Å². The van der Waals surface area contributed by atoms with Crippen LogP contribution >= 0.6 is 0 Å². The van der Waals surface area contributed by atoms with Crippen LogP contribution in [0.3, 0.4) is 0 Å². The molecule has 6 nitrogen and oxygen atoms in total. The maximum Gasteiger partial charge on any atom is 0.331 e. The number of carbonyl (C=O) groups excluding carboxylic acids is 1. The third kappa shape index (κ3) is 2.83. The molecule has 4 N–H and O–H groups in total. The highest BCUT2D eigenvalue weighted by atomic mass is 16.5. The fourth-order valence-corrected chi connectivity index (χ4v) is 1.53. The average Bonchev–Trinajstić information content (AvgIpc) is 2.17. The van der Waals surface area contributed by atoms with E-state index in [2.05, 4.69) is 0 Å². The summed E-state index contributed by atoms with van der Waals surface area (Å²) < 4.78 is 5.13. The molecule has 0 aromatic rings. The number of nitrogens with two attached hydrogens (primary N) is 1. The minimum atomic E-state index is -0.834. The average molecular weight is 203 g/mol. The van der Waals surface area contributed by atoms with Crippen LogP contribution in [0.4, 0.5) is 4.79 Å². The lowest BCUT2D eigenvalue weighted by molar-refractivity contribution is -0.0722. The number of urea groups is 1. The second-order valence-corrected chi connectivity index (χ2v) is 3.64. The van der Waals surface area contributed by atoms with Gasteiger partial charge in [-0.15, -0.1) is 0 Å². The smallest absolute Gasteiger partial charge is 0.331 e. The van der Waals surface area contributed by atoms with E-state index in [-0.39, 0.29) is 6.54 Å². The normalized spacial score (nSPS) is 20.2. The van der Waals surface area contributed by atoms with Gasteiger partial charge in [-0.3, -0.25) is 5.43 Å². The lowest BCUT2D eigenvalue weighted by Gasteiger charge is -2.35. The first kappa shape index (κ1) is 11.2. The van der Waals surface area contributed by atoms with Crippen molar-refractivity contribution in [3.8, 4) is 0 Å². The minimum Gasteiger partial charge on any atom is -0.388 e. The van der Waals surface area contributed by atoms with Gasteiger partial charge < -0.3 is 14.7 Å². The molecule has 1 aliphatic heterocycles. The van der Waals surface area contributed by atoms with E-state index < -0.39 is 11.6 Å². The number of likely N-dealkylation sites (N-methyl/N-ethyl adjacent to an activating group) is 1. The van der Waals surface area contributed by atoms with E-state index in [0.717, 1.165) is 0 Å². The molecule has 1 fully saturated rings. The molecule has 6 heteroatoms. The molecule has 0 aromatic heterocycles. The van der Waals surface area contributed by atoms with Crippen LogP contribution < -0.4 is 11.3 Å². The Kier molecular flexibility index (Phi) is 3.68. The number of aliphatic hydroxyl groups is 1. The van der Waals surface area contributed by atoms with E-state index in [1.54, 1.807) is 7.05 Å². The van der Waals surface area contributed by atoms with Crippen LogP contribution in [-0.4, -0.2) is 48.4 Å². The zero-order valence-corrected chi connectivity index (χ0v) is 8.32. The standard InChI is InChI=1S/C8H17N3O3/c1-11(7(12)10-9)6-8(13)2-4-14-5-3-8/h13H,2-6,9H2,1H3,(H,10,12). The summed E-state index contributed by atoms with van der Waals surface area (Å²) in [7, 11) is 1.59. The van der Waals surface area contributed by atoms with Crippen molar-refractivity contribution < 1.29 is 14.6 Å². The number of hydrogen-bond donors (Lipinski definition) is 3. The van der Waals surface area contributed by atoms with Gasteiger partial charge in [-0.05, 0) is 0 Å². The summed E-state index contributed by atoms with van der Waals surface area (Å²) >= 11 is 0. The summed E-state index contributed by atoms with van der Waals surface area (Å²) in [4.78, 5) is 12.4. The van der Waals surface area contributed by atoms with E-state index in [4.69, 9.17) is 10.6 Å². The van der Waals surface area contributed by atoms with Crippen LogP contribution in [0.1, 0.15) is 12.8 Å². The molecule has 1 aliphatic rings. The molecular weight excluding hydrogens is 186 g/mol. The lowest BCUT2D eigenvalue weighted by Crippen LogP contribution is -2.51. The van der Waals surface area contributed by atoms with Gasteiger partial charge in [0.05, 0.1) is 12.1 Å². The summed E-state index contributed by atoms with van der Waals surface area (Å²) in [6.45, 7) is 1.35. The van der Waals surface area contributed by atoms with Crippen LogP contribution in [0.25, 0.3) is 0 Å². The van der Waals surface area contributed by atoms with E-state index in [0.29, 0.717) is 26.1 Å². The Morgan fingerprint density at radius 2 is 2.21 bits per heavy atom. The van der Waals surface area contributed by atoms with Gasteiger partial charge in [-0.1, -0.05) is 0 Å². The van der Waals surface area contributed by atoms with Gasteiger partial charge in [0.25, 0.3) is 0 Å². The number of carbonyl (C=O) groups is 1. The highest BCUT2D eigenvalue weighted by molar-refractivity contribution is 5.73. The zero-order chi connectivity index (χ0) is 10.6. The lowest BCUT2D eigenvalue weighted by atomic mass is 9.94. The van der Waals surface area contributed by atoms with Gasteiger partial charge in [0.15, 0.2) is 0 Å². The summed E-state index contributed by atoms with van der Waals surface area (Å²) in [6.07, 6.45) is 1.10. The second kappa shape index (κ2) is 4.59. The topological polar surface area (TPSA) is 87.8 Å². The number of amides is 2. The Hall–Kier alpha value is -0.850. The van der Waals surface area contributed by atoms with Crippen LogP contribution in [0, 0.1) is 0 Å². The fraction of sp³-hybridized carbons (Fsp3) is 0.875. The Balaban J connectivity index is 2.44. The molecule has 1 saturated heterocycles. The summed E-state index contributed by atoms with van der Waals surface area (Å²) in [5.41, 5.74) is 1.18. The molecule has 0 bridgehead atoms. The van der Waals surface area contributed by atoms with E-state index in [9.17, 15) is 9.90 Å². The van der Waals surface area contributed by atoms with Crippen LogP contribution in [0.5, 0.6) is 0 Å². The molecular formula is C8H17N3O3. The highest BCUT2D eigenvalue weighted by Crippen LogP contribution is 2.21. The molecule has 0 radical (unpaired) electrons.